The molecule has 2 aliphatic rings. The molecule has 1 saturated heterocycles. The standard InChI is InChI=1S/C12H16FNO.C10H12O.C6H6/c13-7-4-8-14-9-12(10-14)15-11-5-2-1-3-6-11;11-10-6-5-8-3-1-2-4-9(8)7-10;1-2-4-6-5-3-1/h1-3,5-6,12H,4,7-10H2;5-7,11H,1-4H2;1-6H. The molecule has 1 aliphatic carbocycles. The van der Waals surface area contributed by atoms with E-state index in [0.29, 0.717) is 12.2 Å². The number of phenols is 1. The van der Waals surface area contributed by atoms with Crippen molar-refractivity contribution in [3.63, 3.8) is 0 Å². The Morgan fingerprint density at radius 3 is 2.03 bits per heavy atom. The number of ether oxygens (including phenoxy) is 1. The van der Waals surface area contributed by atoms with Crippen LogP contribution in [0.2, 0.25) is 0 Å². The summed E-state index contributed by atoms with van der Waals surface area (Å²) in [5.74, 6) is 1.33. The van der Waals surface area contributed by atoms with Gasteiger partial charge in [-0.25, -0.2) is 0 Å². The van der Waals surface area contributed by atoms with Crippen LogP contribution < -0.4 is 4.74 Å². The first-order chi connectivity index (χ1) is 15.7. The molecular formula is C28H34FNO2. The van der Waals surface area contributed by atoms with Crippen molar-refractivity contribution in [2.45, 2.75) is 38.2 Å². The molecule has 5 rings (SSSR count). The van der Waals surface area contributed by atoms with Crippen LogP contribution in [0.25, 0.3) is 0 Å². The van der Waals surface area contributed by atoms with Crippen LogP contribution >= 0.6 is 0 Å². The molecule has 0 saturated carbocycles. The van der Waals surface area contributed by atoms with Gasteiger partial charge in [0.15, 0.2) is 0 Å². The maximum atomic E-state index is 11.9. The van der Waals surface area contributed by atoms with Gasteiger partial charge in [0.2, 0.25) is 0 Å². The number of rotatable bonds is 5. The SMILES string of the molecule is FCCCN1CC(Oc2ccccc2)C1.Oc1ccc2c(c1)CCCC2.c1ccccc1. The van der Waals surface area contributed by atoms with E-state index < -0.39 is 0 Å². The van der Waals surface area contributed by atoms with Gasteiger partial charge in [-0.3, -0.25) is 9.29 Å². The smallest absolute Gasteiger partial charge is 0.124 e. The zero-order chi connectivity index (χ0) is 22.4. The van der Waals surface area contributed by atoms with Crippen LogP contribution in [0.4, 0.5) is 4.39 Å². The summed E-state index contributed by atoms with van der Waals surface area (Å²) in [6.07, 6.45) is 5.83. The highest BCUT2D eigenvalue weighted by atomic mass is 19.1. The van der Waals surface area contributed by atoms with E-state index in [0.717, 1.165) is 31.8 Å². The minimum atomic E-state index is -0.222. The Morgan fingerprint density at radius 1 is 0.812 bits per heavy atom. The van der Waals surface area contributed by atoms with Crippen molar-refractivity contribution in [3.05, 3.63) is 96.1 Å². The first kappa shape index (κ1) is 23.8. The molecule has 3 aromatic rings. The molecule has 3 nitrogen and oxygen atoms in total. The van der Waals surface area contributed by atoms with Gasteiger partial charge < -0.3 is 9.84 Å². The Morgan fingerprint density at radius 2 is 1.41 bits per heavy atom. The summed E-state index contributed by atoms with van der Waals surface area (Å²) in [6, 6.07) is 27.6. The fraction of sp³-hybridized carbons (Fsp3) is 0.357. The first-order valence-corrected chi connectivity index (χ1v) is 11.6. The molecule has 1 N–H and O–H groups in total. The van der Waals surface area contributed by atoms with Gasteiger partial charge in [-0.2, -0.15) is 0 Å². The normalized spacial score (nSPS) is 15.2. The number of halogens is 1. The average molecular weight is 436 g/mol. The second-order valence-corrected chi connectivity index (χ2v) is 8.17. The number of para-hydroxylation sites is 1. The summed E-state index contributed by atoms with van der Waals surface area (Å²) >= 11 is 0. The van der Waals surface area contributed by atoms with E-state index in [-0.39, 0.29) is 12.8 Å². The number of hydrogen-bond donors (Lipinski definition) is 1. The van der Waals surface area contributed by atoms with Crippen LogP contribution in [0.1, 0.15) is 30.4 Å². The van der Waals surface area contributed by atoms with E-state index in [9.17, 15) is 9.50 Å². The third-order valence-electron chi connectivity index (χ3n) is 5.58. The fourth-order valence-corrected chi connectivity index (χ4v) is 3.86. The fourth-order valence-electron chi connectivity index (χ4n) is 3.86. The van der Waals surface area contributed by atoms with Gasteiger partial charge in [0.25, 0.3) is 0 Å². The number of hydrogen-bond acceptors (Lipinski definition) is 3. The molecule has 0 spiro atoms. The van der Waals surface area contributed by atoms with Crippen LogP contribution in [0.5, 0.6) is 11.5 Å². The van der Waals surface area contributed by atoms with Crippen LogP contribution in [-0.2, 0) is 12.8 Å². The zero-order valence-electron chi connectivity index (χ0n) is 18.7. The number of aryl methyl sites for hydroxylation is 2. The highest BCUT2D eigenvalue weighted by molar-refractivity contribution is 5.36. The van der Waals surface area contributed by atoms with E-state index >= 15 is 0 Å². The maximum Gasteiger partial charge on any atom is 0.124 e. The molecule has 0 amide bonds. The third kappa shape index (κ3) is 8.35. The van der Waals surface area contributed by atoms with Crippen molar-refractivity contribution >= 4 is 0 Å². The van der Waals surface area contributed by atoms with Crippen molar-refractivity contribution in [2.75, 3.05) is 26.3 Å². The second kappa shape index (κ2) is 13.5. The summed E-state index contributed by atoms with van der Waals surface area (Å²) in [5, 5.41) is 9.19. The number of phenolic OH excluding ortho intramolecular Hbond substituents is 1. The van der Waals surface area contributed by atoms with Crippen LogP contribution in [0.15, 0.2) is 84.9 Å². The first-order valence-electron chi connectivity index (χ1n) is 11.6. The van der Waals surface area contributed by atoms with Gasteiger partial charge in [-0.1, -0.05) is 60.7 Å². The van der Waals surface area contributed by atoms with Crippen molar-refractivity contribution in [1.82, 2.24) is 4.90 Å². The lowest BCUT2D eigenvalue weighted by atomic mass is 9.92. The summed E-state index contributed by atoms with van der Waals surface area (Å²) in [5.41, 5.74) is 2.77. The van der Waals surface area contributed by atoms with Crippen molar-refractivity contribution in [2.24, 2.45) is 0 Å². The maximum absolute atomic E-state index is 11.9. The summed E-state index contributed by atoms with van der Waals surface area (Å²) < 4.78 is 17.6. The number of fused-ring (bicyclic) bond motifs is 1. The molecule has 1 aliphatic heterocycles. The molecule has 1 fully saturated rings. The summed E-state index contributed by atoms with van der Waals surface area (Å²) in [6.45, 7) is 2.48. The average Bonchev–Trinajstić information content (AvgIpc) is 2.83. The molecular weight excluding hydrogens is 401 g/mol. The molecule has 170 valence electrons. The van der Waals surface area contributed by atoms with Crippen LogP contribution in [-0.4, -0.2) is 42.4 Å². The van der Waals surface area contributed by atoms with E-state index in [2.05, 4.69) is 4.90 Å². The van der Waals surface area contributed by atoms with E-state index in [1.54, 1.807) is 6.07 Å². The van der Waals surface area contributed by atoms with Gasteiger partial charge >= 0.3 is 0 Å². The molecule has 0 aromatic heterocycles. The molecule has 32 heavy (non-hydrogen) atoms. The van der Waals surface area contributed by atoms with Crippen molar-refractivity contribution < 1.29 is 14.2 Å². The summed E-state index contributed by atoms with van der Waals surface area (Å²) in [7, 11) is 0. The topological polar surface area (TPSA) is 32.7 Å². The van der Waals surface area contributed by atoms with Gasteiger partial charge in [0.1, 0.15) is 17.6 Å². The third-order valence-corrected chi connectivity index (χ3v) is 5.58. The largest absolute Gasteiger partial charge is 0.508 e. The number of aromatic hydroxyl groups is 1. The van der Waals surface area contributed by atoms with Crippen LogP contribution in [0.3, 0.4) is 0 Å². The predicted molar refractivity (Wildman–Crippen MR) is 129 cm³/mol. The molecule has 0 bridgehead atoms. The van der Waals surface area contributed by atoms with Crippen molar-refractivity contribution in [3.8, 4) is 11.5 Å². The molecule has 0 unspecified atom stereocenters. The second-order valence-electron chi connectivity index (χ2n) is 8.17. The minimum absolute atomic E-state index is 0.222. The minimum Gasteiger partial charge on any atom is -0.508 e. The predicted octanol–water partition coefficient (Wildman–Crippen LogP) is 6.07. The van der Waals surface area contributed by atoms with E-state index in [1.165, 1.54) is 30.4 Å². The molecule has 3 aromatic carbocycles. The van der Waals surface area contributed by atoms with Crippen LogP contribution in [0, 0.1) is 0 Å². The lowest BCUT2D eigenvalue weighted by Crippen LogP contribution is -2.53. The Kier molecular flexibility index (Phi) is 10.1. The monoisotopic (exact) mass is 435 g/mol. The van der Waals surface area contributed by atoms with Gasteiger partial charge in [-0.15, -0.1) is 0 Å². The highest BCUT2D eigenvalue weighted by Gasteiger charge is 2.27. The highest BCUT2D eigenvalue weighted by Crippen LogP contribution is 2.24. The summed E-state index contributed by atoms with van der Waals surface area (Å²) in [4.78, 5) is 2.22. The van der Waals surface area contributed by atoms with Gasteiger partial charge in [-0.05, 0) is 67.5 Å². The molecule has 4 heteroatoms. The molecule has 0 atom stereocenters. The molecule has 0 radical (unpaired) electrons. The Hall–Kier alpha value is -2.85. The molecule has 1 heterocycles. The number of benzene rings is 3. The Labute approximate surface area is 191 Å². The quantitative estimate of drug-likeness (QED) is 0.528. The number of nitrogens with zero attached hydrogens (tertiary/aromatic N) is 1. The van der Waals surface area contributed by atoms with Crippen molar-refractivity contribution in [1.29, 1.82) is 0 Å². The lowest BCUT2D eigenvalue weighted by Gasteiger charge is -2.38. The van der Waals surface area contributed by atoms with E-state index in [1.807, 2.05) is 78.9 Å². The zero-order valence-corrected chi connectivity index (χ0v) is 18.7. The Balaban J connectivity index is 0.000000148. The lowest BCUT2D eigenvalue weighted by molar-refractivity contribution is 0.0184. The van der Waals surface area contributed by atoms with E-state index in [4.69, 9.17) is 4.74 Å². The number of likely N-dealkylation sites (tertiary alicyclic amines) is 1. The Bertz CT molecular complexity index is 856. The number of alkyl halides is 1. The van der Waals surface area contributed by atoms with Gasteiger partial charge in [0, 0.05) is 19.6 Å². The van der Waals surface area contributed by atoms with Gasteiger partial charge in [0.05, 0.1) is 6.67 Å².